The first-order valence-corrected chi connectivity index (χ1v) is 6.98. The van der Waals surface area contributed by atoms with Crippen LogP contribution in [-0.2, 0) is 6.42 Å². The quantitative estimate of drug-likeness (QED) is 0.779. The predicted octanol–water partition coefficient (Wildman–Crippen LogP) is 3.35. The molecule has 0 radical (unpaired) electrons. The smallest absolute Gasteiger partial charge is 0.115 e. The minimum Gasteiger partial charge on any atom is -0.345 e. The summed E-state index contributed by atoms with van der Waals surface area (Å²) in [6.45, 7) is 0. The molecule has 1 N–H and O–H groups in total. The number of aromatic amines is 1. The Morgan fingerprint density at radius 2 is 1.86 bits per heavy atom. The lowest BCUT2D eigenvalue weighted by atomic mass is 10.0. The highest BCUT2D eigenvalue weighted by Crippen LogP contribution is 2.36. The maximum absolute atomic E-state index is 4.10. The first kappa shape index (κ1) is 12.0. The molecule has 2 aromatic heterocycles. The van der Waals surface area contributed by atoms with Crippen LogP contribution in [0.4, 0.5) is 0 Å². The molecule has 0 fully saturated rings. The van der Waals surface area contributed by atoms with Crippen LogP contribution >= 0.6 is 0 Å². The maximum Gasteiger partial charge on any atom is 0.115 e. The van der Waals surface area contributed by atoms with Crippen LogP contribution in [0.1, 0.15) is 23.2 Å². The van der Waals surface area contributed by atoms with Gasteiger partial charge in [0.1, 0.15) is 6.33 Å². The van der Waals surface area contributed by atoms with Crippen molar-refractivity contribution in [1.29, 1.82) is 0 Å². The van der Waals surface area contributed by atoms with Crippen molar-refractivity contribution in [1.82, 2.24) is 19.9 Å². The van der Waals surface area contributed by atoms with Gasteiger partial charge in [-0.25, -0.2) is 15.0 Å². The fourth-order valence-corrected chi connectivity index (χ4v) is 2.81. The van der Waals surface area contributed by atoms with E-state index >= 15 is 0 Å². The average Bonchev–Trinajstić information content (AvgIpc) is 3.19. The molecule has 1 aliphatic carbocycles. The molecule has 1 aromatic carbocycles. The zero-order valence-electron chi connectivity index (χ0n) is 11.5. The number of aromatic nitrogens is 4. The molecule has 2 heterocycles. The van der Waals surface area contributed by atoms with Gasteiger partial charge in [0.15, 0.2) is 0 Å². The van der Waals surface area contributed by atoms with Crippen molar-refractivity contribution in [2.24, 2.45) is 0 Å². The van der Waals surface area contributed by atoms with Crippen molar-refractivity contribution < 1.29 is 0 Å². The zero-order chi connectivity index (χ0) is 14.1. The molecule has 3 aromatic rings. The van der Waals surface area contributed by atoms with Gasteiger partial charge in [0.05, 0.1) is 18.2 Å². The van der Waals surface area contributed by atoms with E-state index in [1.807, 2.05) is 18.6 Å². The van der Waals surface area contributed by atoms with Crippen molar-refractivity contribution in [3.8, 4) is 11.1 Å². The van der Waals surface area contributed by atoms with E-state index in [1.165, 1.54) is 16.7 Å². The molecule has 0 saturated heterocycles. The normalized spacial score (nSPS) is 15.3. The monoisotopic (exact) mass is 274 g/mol. The van der Waals surface area contributed by atoms with E-state index in [1.54, 1.807) is 12.7 Å². The van der Waals surface area contributed by atoms with E-state index in [4.69, 9.17) is 0 Å². The van der Waals surface area contributed by atoms with Gasteiger partial charge in [-0.15, -0.1) is 0 Å². The van der Waals surface area contributed by atoms with E-state index in [9.17, 15) is 0 Å². The molecular weight excluding hydrogens is 260 g/mol. The van der Waals surface area contributed by atoms with E-state index in [-0.39, 0.29) is 0 Å². The van der Waals surface area contributed by atoms with Crippen LogP contribution in [0, 0.1) is 0 Å². The van der Waals surface area contributed by atoms with Crippen molar-refractivity contribution in [3.63, 3.8) is 0 Å². The van der Waals surface area contributed by atoms with Crippen LogP contribution in [-0.4, -0.2) is 19.9 Å². The van der Waals surface area contributed by atoms with E-state index < -0.39 is 0 Å². The Hall–Kier alpha value is -2.75. The summed E-state index contributed by atoms with van der Waals surface area (Å²) in [7, 11) is 0. The molecule has 4 nitrogen and oxygen atoms in total. The van der Waals surface area contributed by atoms with E-state index in [0.29, 0.717) is 0 Å². The fraction of sp³-hybridized carbons (Fsp3) is 0.118. The molecule has 0 bridgehead atoms. The summed E-state index contributed by atoms with van der Waals surface area (Å²) in [6, 6.07) is 6.60. The summed E-state index contributed by atoms with van der Waals surface area (Å²) in [4.78, 5) is 15.4. The fourth-order valence-electron chi connectivity index (χ4n) is 2.81. The molecule has 0 spiro atoms. The number of nitrogens with zero attached hydrogens (tertiary/aromatic N) is 3. The predicted molar refractivity (Wildman–Crippen MR) is 82.2 cm³/mol. The molecule has 21 heavy (non-hydrogen) atoms. The Morgan fingerprint density at radius 3 is 2.67 bits per heavy atom. The highest BCUT2D eigenvalue weighted by atomic mass is 14.8. The van der Waals surface area contributed by atoms with Gasteiger partial charge >= 0.3 is 0 Å². The lowest BCUT2D eigenvalue weighted by Crippen LogP contribution is -1.86. The Kier molecular flexibility index (Phi) is 2.85. The van der Waals surface area contributed by atoms with Crippen LogP contribution in [0.5, 0.6) is 0 Å². The lowest BCUT2D eigenvalue weighted by molar-refractivity contribution is 1.08. The van der Waals surface area contributed by atoms with Crippen molar-refractivity contribution >= 4 is 11.6 Å². The third-order valence-corrected chi connectivity index (χ3v) is 3.86. The summed E-state index contributed by atoms with van der Waals surface area (Å²) < 4.78 is 0. The Bertz CT molecular complexity index is 789. The van der Waals surface area contributed by atoms with Crippen molar-refractivity contribution in [2.75, 3.05) is 0 Å². The van der Waals surface area contributed by atoms with Crippen molar-refractivity contribution in [2.45, 2.75) is 12.8 Å². The molecule has 4 heteroatoms. The number of fused-ring (bicyclic) bond motifs is 1. The summed E-state index contributed by atoms with van der Waals surface area (Å²) in [6.07, 6.45) is 13.2. The SMILES string of the molecule is C(=C1CCc2ccc(-c3cncnc3)cc21)c1cnc[nH]1. The number of rotatable bonds is 2. The third-order valence-electron chi connectivity index (χ3n) is 3.86. The zero-order valence-corrected chi connectivity index (χ0v) is 11.5. The second-order valence-corrected chi connectivity index (χ2v) is 5.18. The summed E-state index contributed by atoms with van der Waals surface area (Å²) >= 11 is 0. The van der Waals surface area contributed by atoms with Gasteiger partial charge in [-0.2, -0.15) is 0 Å². The van der Waals surface area contributed by atoms with Crippen LogP contribution < -0.4 is 0 Å². The second-order valence-electron chi connectivity index (χ2n) is 5.18. The Morgan fingerprint density at radius 1 is 0.952 bits per heavy atom. The first-order chi connectivity index (χ1) is 10.4. The summed E-state index contributed by atoms with van der Waals surface area (Å²) in [5.41, 5.74) is 7.34. The maximum atomic E-state index is 4.10. The van der Waals surface area contributed by atoms with Crippen LogP contribution in [0.25, 0.3) is 22.8 Å². The number of allylic oxidation sites excluding steroid dienone is 1. The minimum absolute atomic E-state index is 1.05. The number of nitrogens with one attached hydrogen (secondary N) is 1. The molecule has 0 saturated carbocycles. The van der Waals surface area contributed by atoms with Gasteiger partial charge < -0.3 is 4.98 Å². The van der Waals surface area contributed by atoms with E-state index in [2.05, 4.69) is 44.2 Å². The summed E-state index contributed by atoms with van der Waals surface area (Å²) in [5, 5.41) is 0. The molecule has 0 unspecified atom stereocenters. The number of H-pyrrole nitrogens is 1. The van der Waals surface area contributed by atoms with E-state index in [0.717, 1.165) is 29.7 Å². The standard InChI is InChI=1S/C17H14N4/c1-3-13(15-7-18-10-19-8-15)6-17-12(1)2-4-14(17)5-16-9-20-11-21-16/h1,3,5-11H,2,4H2,(H,20,21). The number of benzene rings is 1. The van der Waals surface area contributed by atoms with Crippen LogP contribution in [0.2, 0.25) is 0 Å². The number of aryl methyl sites for hydroxylation is 1. The molecule has 0 aliphatic heterocycles. The van der Waals surface area contributed by atoms with Gasteiger partial charge in [-0.3, -0.25) is 0 Å². The topological polar surface area (TPSA) is 54.5 Å². The van der Waals surface area contributed by atoms with Gasteiger partial charge in [0.2, 0.25) is 0 Å². The highest BCUT2D eigenvalue weighted by Gasteiger charge is 2.17. The third kappa shape index (κ3) is 2.25. The molecule has 4 rings (SSSR count). The molecular formula is C17H14N4. The van der Waals surface area contributed by atoms with Crippen LogP contribution in [0.15, 0.2) is 49.4 Å². The molecule has 102 valence electrons. The number of hydrogen-bond acceptors (Lipinski definition) is 3. The Balaban J connectivity index is 1.78. The molecule has 0 amide bonds. The number of hydrogen-bond donors (Lipinski definition) is 1. The highest BCUT2D eigenvalue weighted by molar-refractivity contribution is 5.86. The van der Waals surface area contributed by atoms with Gasteiger partial charge in [-0.05, 0) is 47.2 Å². The molecule has 0 atom stereocenters. The number of imidazole rings is 1. The van der Waals surface area contributed by atoms with Gasteiger partial charge in [0.25, 0.3) is 0 Å². The average molecular weight is 274 g/mol. The minimum atomic E-state index is 1.05. The van der Waals surface area contributed by atoms with Crippen LogP contribution in [0.3, 0.4) is 0 Å². The largest absolute Gasteiger partial charge is 0.345 e. The van der Waals surface area contributed by atoms with Gasteiger partial charge in [-0.1, -0.05) is 12.1 Å². The van der Waals surface area contributed by atoms with Crippen molar-refractivity contribution in [3.05, 3.63) is 66.3 Å². The first-order valence-electron chi connectivity index (χ1n) is 6.98. The summed E-state index contributed by atoms with van der Waals surface area (Å²) in [5.74, 6) is 0. The second kappa shape index (κ2) is 4.98. The van der Waals surface area contributed by atoms with Gasteiger partial charge in [0, 0.05) is 18.0 Å². The Labute approximate surface area is 122 Å². The lowest BCUT2D eigenvalue weighted by Gasteiger charge is -2.05. The molecule has 1 aliphatic rings.